The Labute approximate surface area is 155 Å². The lowest BCUT2D eigenvalue weighted by Gasteiger charge is -2.06. The minimum atomic E-state index is -0.657. The molecule has 0 spiro atoms. The number of hydrogen-bond donors (Lipinski definition) is 2. The third kappa shape index (κ3) is 4.55. The molecule has 1 aliphatic rings. The van der Waals surface area contributed by atoms with Crippen molar-refractivity contribution in [3.05, 3.63) is 69.8 Å². The molecule has 0 saturated heterocycles. The SMILES string of the molecule is C/C(=N/NC(=O)c1ccccc1[N+](=O)[O-])c1ccc(NC(=O)C2CC2)cc1. The van der Waals surface area contributed by atoms with E-state index in [4.69, 9.17) is 0 Å². The van der Waals surface area contributed by atoms with E-state index in [1.165, 1.54) is 18.2 Å². The highest BCUT2D eigenvalue weighted by Crippen LogP contribution is 2.30. The summed E-state index contributed by atoms with van der Waals surface area (Å²) in [5.41, 5.74) is 3.98. The lowest BCUT2D eigenvalue weighted by atomic mass is 10.1. The number of nitro groups is 1. The normalized spacial score (nSPS) is 13.7. The van der Waals surface area contributed by atoms with E-state index in [-0.39, 0.29) is 23.1 Å². The Morgan fingerprint density at radius 2 is 1.78 bits per heavy atom. The van der Waals surface area contributed by atoms with E-state index < -0.39 is 10.8 Å². The summed E-state index contributed by atoms with van der Waals surface area (Å²) in [7, 11) is 0. The zero-order valence-corrected chi connectivity index (χ0v) is 14.6. The van der Waals surface area contributed by atoms with Gasteiger partial charge in [-0.3, -0.25) is 19.7 Å². The van der Waals surface area contributed by atoms with Crippen LogP contribution in [0.15, 0.2) is 53.6 Å². The number of carbonyl (C=O) groups is 2. The first kappa shape index (κ1) is 18.2. The molecule has 1 aliphatic carbocycles. The Morgan fingerprint density at radius 3 is 2.41 bits per heavy atom. The van der Waals surface area contributed by atoms with Crippen molar-refractivity contribution in [1.29, 1.82) is 0 Å². The Kier molecular flexibility index (Phi) is 5.25. The van der Waals surface area contributed by atoms with Crippen molar-refractivity contribution in [2.75, 3.05) is 5.32 Å². The molecule has 2 aromatic rings. The van der Waals surface area contributed by atoms with Crippen LogP contribution in [0, 0.1) is 16.0 Å². The summed E-state index contributed by atoms with van der Waals surface area (Å²) in [5.74, 6) is -0.495. The molecule has 2 amide bonds. The van der Waals surface area contributed by atoms with Gasteiger partial charge >= 0.3 is 0 Å². The van der Waals surface area contributed by atoms with Crippen LogP contribution in [0.1, 0.15) is 35.7 Å². The fourth-order valence-corrected chi connectivity index (χ4v) is 2.47. The first-order chi connectivity index (χ1) is 13.0. The molecule has 1 fully saturated rings. The fraction of sp³-hybridized carbons (Fsp3) is 0.211. The van der Waals surface area contributed by atoms with Crippen LogP contribution in [0.3, 0.4) is 0 Å². The van der Waals surface area contributed by atoms with Crippen LogP contribution < -0.4 is 10.7 Å². The van der Waals surface area contributed by atoms with Crippen LogP contribution in [-0.2, 0) is 4.79 Å². The van der Waals surface area contributed by atoms with Gasteiger partial charge in [-0.25, -0.2) is 5.43 Å². The Morgan fingerprint density at radius 1 is 1.11 bits per heavy atom. The van der Waals surface area contributed by atoms with Crippen molar-refractivity contribution in [2.45, 2.75) is 19.8 Å². The molecular weight excluding hydrogens is 348 g/mol. The van der Waals surface area contributed by atoms with Crippen molar-refractivity contribution in [3.63, 3.8) is 0 Å². The summed E-state index contributed by atoms with van der Waals surface area (Å²) in [5, 5.41) is 17.9. The molecule has 0 heterocycles. The minimum absolute atomic E-state index is 0.0323. The zero-order valence-electron chi connectivity index (χ0n) is 14.6. The van der Waals surface area contributed by atoms with Crippen molar-refractivity contribution >= 4 is 28.9 Å². The van der Waals surface area contributed by atoms with Gasteiger partial charge in [-0.1, -0.05) is 24.3 Å². The van der Waals surface area contributed by atoms with Gasteiger partial charge in [0, 0.05) is 17.7 Å². The van der Waals surface area contributed by atoms with Crippen LogP contribution in [0.25, 0.3) is 0 Å². The van der Waals surface area contributed by atoms with E-state index in [0.29, 0.717) is 11.4 Å². The molecule has 0 aromatic heterocycles. The average Bonchev–Trinajstić information content (AvgIpc) is 3.51. The second-order valence-electron chi connectivity index (χ2n) is 6.25. The summed E-state index contributed by atoms with van der Waals surface area (Å²) in [6.45, 7) is 1.71. The molecule has 0 unspecified atom stereocenters. The highest BCUT2D eigenvalue weighted by atomic mass is 16.6. The van der Waals surface area contributed by atoms with E-state index in [1.807, 2.05) is 0 Å². The number of amides is 2. The molecule has 0 aliphatic heterocycles. The highest BCUT2D eigenvalue weighted by molar-refractivity contribution is 6.02. The van der Waals surface area contributed by atoms with Crippen molar-refractivity contribution in [1.82, 2.24) is 5.43 Å². The fourth-order valence-electron chi connectivity index (χ4n) is 2.47. The van der Waals surface area contributed by atoms with Gasteiger partial charge in [0.05, 0.1) is 10.6 Å². The van der Waals surface area contributed by atoms with E-state index in [1.54, 1.807) is 37.3 Å². The third-order valence-electron chi connectivity index (χ3n) is 4.19. The van der Waals surface area contributed by atoms with Crippen molar-refractivity contribution in [2.24, 2.45) is 11.0 Å². The van der Waals surface area contributed by atoms with Gasteiger partial charge in [0.1, 0.15) is 5.56 Å². The molecule has 3 rings (SSSR count). The number of carbonyl (C=O) groups excluding carboxylic acids is 2. The van der Waals surface area contributed by atoms with Crippen LogP contribution in [0.2, 0.25) is 0 Å². The summed E-state index contributed by atoms with van der Waals surface area (Å²) >= 11 is 0. The molecule has 27 heavy (non-hydrogen) atoms. The largest absolute Gasteiger partial charge is 0.326 e. The van der Waals surface area contributed by atoms with Gasteiger partial charge in [-0.15, -0.1) is 0 Å². The monoisotopic (exact) mass is 366 g/mol. The van der Waals surface area contributed by atoms with E-state index in [0.717, 1.165) is 18.4 Å². The molecule has 8 nitrogen and oxygen atoms in total. The second kappa shape index (κ2) is 7.77. The van der Waals surface area contributed by atoms with E-state index >= 15 is 0 Å². The molecule has 0 radical (unpaired) electrons. The minimum Gasteiger partial charge on any atom is -0.326 e. The number of nitrogens with one attached hydrogen (secondary N) is 2. The van der Waals surface area contributed by atoms with Crippen LogP contribution in [0.4, 0.5) is 11.4 Å². The standard InChI is InChI=1S/C19H18N4O4/c1-12(13-8-10-15(11-9-13)20-18(24)14-6-7-14)21-22-19(25)16-4-2-3-5-17(16)23(26)27/h2-5,8-11,14H,6-7H2,1H3,(H,20,24)(H,22,25)/b21-12-. The maximum Gasteiger partial charge on any atom is 0.282 e. The first-order valence-corrected chi connectivity index (χ1v) is 8.45. The van der Waals surface area contributed by atoms with E-state index in [9.17, 15) is 19.7 Å². The highest BCUT2D eigenvalue weighted by Gasteiger charge is 2.29. The Bertz CT molecular complexity index is 918. The number of nitro benzene ring substituents is 1. The molecule has 138 valence electrons. The van der Waals surface area contributed by atoms with Gasteiger partial charge in [0.2, 0.25) is 5.91 Å². The predicted octanol–water partition coefficient (Wildman–Crippen LogP) is 3.10. The predicted molar refractivity (Wildman–Crippen MR) is 101 cm³/mol. The van der Waals surface area contributed by atoms with Crippen LogP contribution in [-0.4, -0.2) is 22.4 Å². The van der Waals surface area contributed by atoms with Crippen LogP contribution in [0.5, 0.6) is 0 Å². The number of anilines is 1. The number of hydrogen-bond acceptors (Lipinski definition) is 5. The number of nitrogens with zero attached hydrogens (tertiary/aromatic N) is 2. The lowest BCUT2D eigenvalue weighted by molar-refractivity contribution is -0.385. The molecule has 2 N–H and O–H groups in total. The summed E-state index contributed by atoms with van der Waals surface area (Å²) in [4.78, 5) is 34.3. The van der Waals surface area contributed by atoms with Gasteiger partial charge in [0.15, 0.2) is 0 Å². The summed E-state index contributed by atoms with van der Waals surface area (Å²) in [6.07, 6.45) is 1.88. The third-order valence-corrected chi connectivity index (χ3v) is 4.19. The van der Waals surface area contributed by atoms with Crippen molar-refractivity contribution in [3.8, 4) is 0 Å². The number of benzene rings is 2. The maximum atomic E-state index is 12.2. The van der Waals surface area contributed by atoms with Gasteiger partial charge in [-0.05, 0) is 43.5 Å². The molecular formula is C19H18N4O4. The Balaban J connectivity index is 1.66. The quantitative estimate of drug-likeness (QED) is 0.464. The smallest absolute Gasteiger partial charge is 0.282 e. The van der Waals surface area contributed by atoms with Gasteiger partial charge < -0.3 is 5.32 Å². The number of rotatable bonds is 6. The molecule has 0 bridgehead atoms. The topological polar surface area (TPSA) is 114 Å². The van der Waals surface area contributed by atoms with Gasteiger partial charge in [0.25, 0.3) is 11.6 Å². The van der Waals surface area contributed by atoms with Crippen molar-refractivity contribution < 1.29 is 14.5 Å². The zero-order chi connectivity index (χ0) is 19.4. The Hall–Kier alpha value is -3.55. The summed E-state index contributed by atoms with van der Waals surface area (Å²) < 4.78 is 0. The lowest BCUT2D eigenvalue weighted by Crippen LogP contribution is -2.20. The molecule has 1 saturated carbocycles. The second-order valence-corrected chi connectivity index (χ2v) is 6.25. The molecule has 8 heteroatoms. The molecule has 0 atom stereocenters. The van der Waals surface area contributed by atoms with Gasteiger partial charge in [-0.2, -0.15) is 5.10 Å². The number of para-hydroxylation sites is 1. The average molecular weight is 366 g/mol. The first-order valence-electron chi connectivity index (χ1n) is 8.45. The molecule has 2 aromatic carbocycles. The van der Waals surface area contributed by atoms with Crippen LogP contribution >= 0.6 is 0 Å². The summed E-state index contributed by atoms with van der Waals surface area (Å²) in [6, 6.07) is 12.8. The number of hydrazone groups is 1. The maximum absolute atomic E-state index is 12.2. The van der Waals surface area contributed by atoms with E-state index in [2.05, 4.69) is 15.8 Å².